The molecule has 2 unspecified atom stereocenters. The largest absolute Gasteiger partial charge is 0.513 e. The molecule has 2 saturated heterocycles. The van der Waals surface area contributed by atoms with Crippen molar-refractivity contribution < 1.29 is 83.5 Å². The van der Waals surface area contributed by atoms with Gasteiger partial charge in [0.1, 0.15) is 53.5 Å². The van der Waals surface area contributed by atoms with E-state index in [1.165, 1.54) is 29.2 Å². The van der Waals surface area contributed by atoms with E-state index in [1.54, 1.807) is 59.7 Å². The van der Waals surface area contributed by atoms with Gasteiger partial charge in [0, 0.05) is 76.8 Å². The van der Waals surface area contributed by atoms with Gasteiger partial charge >= 0.3 is 12.0 Å². The lowest BCUT2D eigenvalue weighted by atomic mass is 9.84. The Morgan fingerprint density at radius 3 is 2.11 bits per heavy atom. The number of ether oxygens (including phenoxy) is 5. The molecule has 95 heavy (non-hydrogen) atoms. The second-order valence-corrected chi connectivity index (χ2v) is 26.1. The molecule has 6 rings (SSSR count). The molecule has 3 aromatic carbocycles. The molecular weight excluding hydrogens is 1300 g/mol. The second-order valence-electron chi connectivity index (χ2n) is 25.5. The number of nitrogens with one attached hydrogen (secondary N) is 4. The van der Waals surface area contributed by atoms with Crippen LogP contribution in [0.3, 0.4) is 0 Å². The number of nitro groups is 1. The van der Waals surface area contributed by atoms with Crippen LogP contribution < -0.4 is 26.0 Å². The molecule has 2 aliphatic heterocycles. The van der Waals surface area contributed by atoms with Crippen LogP contribution in [0, 0.1) is 39.7 Å². The Morgan fingerprint density at radius 2 is 1.53 bits per heavy atom. The second kappa shape index (κ2) is 36.3. The summed E-state index contributed by atoms with van der Waals surface area (Å²) in [5.74, 6) is -6.91. The molecule has 528 valence electrons. The van der Waals surface area contributed by atoms with E-state index in [2.05, 4.69) is 47.5 Å². The van der Waals surface area contributed by atoms with Crippen molar-refractivity contribution in [3.63, 3.8) is 0 Å². The number of benzene rings is 3. The number of hydrogen-bond donors (Lipinski definition) is 11. The molecule has 0 radical (unpaired) electrons. The number of halogens is 1. The SMILES string of the molecule is CC[C@H](C)[C@@H](CNC(=O)[C@@H](NC(=O)[C@H](C(C)C)N(C(=O)OC)C(Cc1cn(Cc2ccc(CNC(=O)CBr)cc2)nn1)c1ccc(OC2([N+](=O)[O-])O[C@H](CO)[C@H](O)[C@H](O)[C@H]2O)cc1)C(C)C)[C@@H](C[C@H](O)N1CCC[C@H]1[C@H](OC)[C@@H](C)[C@@H](O)N[C@H](C)[C@@H](O)c1ccccc1)OC. The fourth-order valence-corrected chi connectivity index (χ4v) is 12.9. The Hall–Kier alpha value is -6.32. The zero-order valence-corrected chi connectivity index (χ0v) is 57.6. The van der Waals surface area contributed by atoms with E-state index < -0.39 is 132 Å². The maximum absolute atomic E-state index is 15.2. The minimum Gasteiger partial charge on any atom is -0.453 e. The number of alkyl halides is 1. The fraction of sp³-hybridized carbons (Fsp3) is 0.636. The highest BCUT2D eigenvalue weighted by Crippen LogP contribution is 2.37. The number of rotatable bonds is 36. The van der Waals surface area contributed by atoms with Crippen LogP contribution in [0.5, 0.6) is 5.75 Å². The van der Waals surface area contributed by atoms with Crippen molar-refractivity contribution in [2.24, 2.45) is 29.6 Å². The Bertz CT molecular complexity index is 3050. The van der Waals surface area contributed by atoms with E-state index in [4.69, 9.17) is 23.7 Å². The van der Waals surface area contributed by atoms with Gasteiger partial charge in [0.05, 0.1) is 55.6 Å². The molecule has 28 nitrogen and oxygen atoms in total. The highest BCUT2D eigenvalue weighted by atomic mass is 79.9. The minimum absolute atomic E-state index is 0.0349. The summed E-state index contributed by atoms with van der Waals surface area (Å²) in [5, 5.41) is 110. The van der Waals surface area contributed by atoms with Gasteiger partial charge in [-0.1, -0.05) is 143 Å². The monoisotopic (exact) mass is 1400 g/mol. The van der Waals surface area contributed by atoms with Crippen molar-refractivity contribution in [2.45, 2.75) is 192 Å². The Labute approximate surface area is 563 Å². The first-order chi connectivity index (χ1) is 45.2. The van der Waals surface area contributed by atoms with Crippen LogP contribution in [-0.4, -0.2) is 215 Å². The number of amides is 4. The summed E-state index contributed by atoms with van der Waals surface area (Å²) < 4.78 is 30.3. The summed E-state index contributed by atoms with van der Waals surface area (Å²) >= 11 is 3.14. The van der Waals surface area contributed by atoms with E-state index in [9.17, 15) is 60.2 Å². The Kier molecular flexibility index (Phi) is 29.7. The molecule has 2 fully saturated rings. The van der Waals surface area contributed by atoms with Crippen LogP contribution in [0.1, 0.15) is 121 Å². The summed E-state index contributed by atoms with van der Waals surface area (Å²) in [7, 11) is 4.28. The molecule has 4 aromatic rings. The van der Waals surface area contributed by atoms with Crippen molar-refractivity contribution >= 4 is 39.7 Å². The molecule has 11 N–H and O–H groups in total. The predicted molar refractivity (Wildman–Crippen MR) is 351 cm³/mol. The first-order valence-electron chi connectivity index (χ1n) is 32.4. The van der Waals surface area contributed by atoms with Crippen LogP contribution in [0.25, 0.3) is 0 Å². The summed E-state index contributed by atoms with van der Waals surface area (Å²) in [6, 6.07) is 17.6. The maximum atomic E-state index is 15.2. The van der Waals surface area contributed by atoms with Crippen LogP contribution in [-0.2, 0) is 52.8 Å². The van der Waals surface area contributed by atoms with Crippen molar-refractivity contribution in [1.29, 1.82) is 0 Å². The number of carbonyl (C=O) groups excluding carboxylic acids is 4. The molecule has 18 atom stereocenters. The number of aliphatic hydroxyl groups is 7. The molecule has 0 bridgehead atoms. The zero-order valence-electron chi connectivity index (χ0n) is 56.0. The van der Waals surface area contributed by atoms with E-state index >= 15 is 4.79 Å². The third-order valence-corrected chi connectivity index (χ3v) is 18.9. The first-order valence-corrected chi connectivity index (χ1v) is 33.5. The lowest BCUT2D eigenvalue weighted by molar-refractivity contribution is -0.706. The highest BCUT2D eigenvalue weighted by Gasteiger charge is 2.66. The van der Waals surface area contributed by atoms with Crippen molar-refractivity contribution in [3.8, 4) is 5.75 Å². The molecule has 0 aliphatic carbocycles. The van der Waals surface area contributed by atoms with Crippen LogP contribution in [0.2, 0.25) is 0 Å². The Balaban J connectivity index is 1.24. The van der Waals surface area contributed by atoms with Crippen LogP contribution >= 0.6 is 15.9 Å². The van der Waals surface area contributed by atoms with E-state index in [0.717, 1.165) is 24.7 Å². The molecule has 0 spiro atoms. The van der Waals surface area contributed by atoms with Gasteiger partial charge in [-0.3, -0.25) is 44.4 Å². The van der Waals surface area contributed by atoms with E-state index in [1.807, 2.05) is 80.3 Å². The lowest BCUT2D eigenvalue weighted by Gasteiger charge is -2.41. The molecular formula is C66H99BrN10O18. The van der Waals surface area contributed by atoms with Gasteiger partial charge in [-0.05, 0) is 71.9 Å². The quantitative estimate of drug-likeness (QED) is 0.0135. The molecule has 4 amide bonds. The summed E-state index contributed by atoms with van der Waals surface area (Å²) in [6.07, 6.45) is -9.42. The average Bonchev–Trinajstić information content (AvgIpc) is 1.30. The zero-order chi connectivity index (χ0) is 70.0. The van der Waals surface area contributed by atoms with Gasteiger partial charge in [0.25, 0.3) is 0 Å². The van der Waals surface area contributed by atoms with Gasteiger partial charge in [0.2, 0.25) is 23.8 Å². The Morgan fingerprint density at radius 1 is 0.863 bits per heavy atom. The number of nitrogens with zero attached hydrogens (tertiary/aromatic N) is 6. The van der Waals surface area contributed by atoms with E-state index in [0.29, 0.717) is 42.8 Å². The average molecular weight is 1400 g/mol. The normalized spacial score (nSPS) is 23.0. The number of hydrogen-bond acceptors (Lipinski definition) is 22. The molecule has 1 aromatic heterocycles. The fourth-order valence-electron chi connectivity index (χ4n) is 12.7. The van der Waals surface area contributed by atoms with Crippen molar-refractivity contribution in [3.05, 3.63) is 123 Å². The van der Waals surface area contributed by atoms with Gasteiger partial charge in [-0.25, -0.2) is 9.48 Å². The topological polar surface area (TPSA) is 384 Å². The maximum Gasteiger partial charge on any atom is 0.513 e. The molecule has 3 heterocycles. The molecule has 0 saturated carbocycles. The van der Waals surface area contributed by atoms with Gasteiger partial charge in [0.15, 0.2) is 0 Å². The third-order valence-electron chi connectivity index (χ3n) is 18.4. The number of likely N-dealkylation sites (tertiary alicyclic amines) is 1. The number of aliphatic hydroxyl groups excluding tert-OH is 7. The van der Waals surface area contributed by atoms with Crippen LogP contribution in [0.4, 0.5) is 4.79 Å². The highest BCUT2D eigenvalue weighted by molar-refractivity contribution is 9.09. The molecule has 29 heteroatoms. The van der Waals surface area contributed by atoms with Gasteiger partial charge in [-0.2, -0.15) is 0 Å². The minimum atomic E-state index is -3.21. The van der Waals surface area contributed by atoms with Crippen LogP contribution in [0.15, 0.2) is 85.1 Å². The van der Waals surface area contributed by atoms with Crippen molar-refractivity contribution in [2.75, 3.05) is 46.4 Å². The summed E-state index contributed by atoms with van der Waals surface area (Å²) in [4.78, 5) is 71.0. The van der Waals surface area contributed by atoms with E-state index in [-0.39, 0.29) is 60.8 Å². The van der Waals surface area contributed by atoms with Crippen molar-refractivity contribution in [1.82, 2.24) is 46.1 Å². The number of methoxy groups -OCH3 is 3. The lowest BCUT2D eigenvalue weighted by Crippen LogP contribution is -2.70. The first kappa shape index (κ1) is 77.7. The number of aromatic nitrogens is 3. The number of carbonyl (C=O) groups is 4. The summed E-state index contributed by atoms with van der Waals surface area (Å²) in [5.41, 5.74) is 3.07. The smallest absolute Gasteiger partial charge is 0.453 e. The third kappa shape index (κ3) is 19.7. The standard InChI is InChI=1S/C66H99BrN10O18/c1-12-39(6)48(51(91-9)30-54(80)75-28-16-19-49(75)60(92-10)40(7)62(85)70-41(8)57(81)45-17-14-13-15-18-45)33-69-63(86)55(37(2)3)71-64(87)56(38(4)5)76(65(88)93-11)50(29-46-35-74(73-72-46)34-43-22-20-42(21-23-43)32-68-53(79)31-67)44-24-26-47(27-25-44)94-66(77(89)90)61(84)59(83)58(82)52(36-78)95-66/h13-15,17-18,20-27,35,37-41,48-52,54-62,70,78,80-85H,12,16,19,28-34,36H2,1-11H3,(H,68,79)(H,69,86)(H,71,87)/t39-,40+,41+,48+,49-,50?,51+,52+,54-,55-,56-,57+,58-,59-,60+,61+,62+,66?/m0/s1. The summed E-state index contributed by atoms with van der Waals surface area (Å²) in [6.45, 7) is 14.9. The molecule has 2 aliphatic rings. The van der Waals surface area contributed by atoms with Gasteiger partial charge in [-0.15, -0.1) is 5.10 Å². The van der Waals surface area contributed by atoms with Gasteiger partial charge < -0.3 is 70.6 Å². The predicted octanol–water partition coefficient (Wildman–Crippen LogP) is 3.29.